The number of halogens is 1. The lowest BCUT2D eigenvalue weighted by molar-refractivity contribution is -0.154. The number of hydrogen-bond donors (Lipinski definition) is 1. The number of carbonyl (C=O) groups excluding carboxylic acids is 4. The van der Waals surface area contributed by atoms with Crippen molar-refractivity contribution in [1.29, 1.82) is 0 Å². The van der Waals surface area contributed by atoms with Crippen molar-refractivity contribution < 1.29 is 23.9 Å². The first-order valence-electron chi connectivity index (χ1n) is 9.55. The monoisotopic (exact) mass is 418 g/mol. The lowest BCUT2D eigenvalue weighted by Crippen LogP contribution is -2.35. The zero-order valence-corrected chi connectivity index (χ0v) is 17.1. The molecule has 1 N–H and O–H groups in total. The number of nitrogens with one attached hydrogen (secondary N) is 1. The molecule has 3 rings (SSSR count). The van der Waals surface area contributed by atoms with E-state index in [2.05, 4.69) is 5.32 Å². The Labute approximate surface area is 174 Å². The lowest BCUT2D eigenvalue weighted by Gasteiger charge is -2.17. The Morgan fingerprint density at radius 2 is 1.83 bits per heavy atom. The number of likely N-dealkylation sites (tertiary alicyclic amines) is 1. The highest BCUT2D eigenvalue weighted by atomic mass is 35.5. The van der Waals surface area contributed by atoms with Crippen LogP contribution in [-0.2, 0) is 23.9 Å². The fourth-order valence-electron chi connectivity index (χ4n) is 3.58. The van der Waals surface area contributed by atoms with Crippen molar-refractivity contribution in [3.8, 4) is 0 Å². The van der Waals surface area contributed by atoms with E-state index in [1.54, 1.807) is 25.1 Å². The van der Waals surface area contributed by atoms with E-state index in [1.165, 1.54) is 6.92 Å². The molecule has 29 heavy (non-hydrogen) atoms. The number of carbonyl (C=O) groups is 4. The third-order valence-electron chi connectivity index (χ3n) is 5.34. The number of imide groups is 1. The molecule has 1 aromatic carbocycles. The number of anilines is 1. The maximum Gasteiger partial charge on any atom is 0.308 e. The SMILES string of the molecule is Cc1c(Cl)cccc1NC(=O)[C@H](C)OC(=O)CCN1C(=O)[C@H]2CC=CC[C@H]2C1=O. The summed E-state index contributed by atoms with van der Waals surface area (Å²) >= 11 is 6.03. The molecule has 1 heterocycles. The minimum Gasteiger partial charge on any atom is -0.452 e. The first-order valence-corrected chi connectivity index (χ1v) is 9.93. The van der Waals surface area contributed by atoms with Gasteiger partial charge in [-0.15, -0.1) is 0 Å². The van der Waals surface area contributed by atoms with Crippen LogP contribution in [0.5, 0.6) is 0 Å². The number of nitrogens with zero attached hydrogens (tertiary/aromatic N) is 1. The second kappa shape index (κ2) is 8.78. The maximum absolute atomic E-state index is 12.4. The van der Waals surface area contributed by atoms with Crippen molar-refractivity contribution >= 4 is 41.0 Å². The largest absolute Gasteiger partial charge is 0.452 e. The molecule has 3 amide bonds. The van der Waals surface area contributed by atoms with E-state index in [-0.39, 0.29) is 36.6 Å². The first kappa shape index (κ1) is 21.0. The van der Waals surface area contributed by atoms with E-state index in [9.17, 15) is 19.2 Å². The van der Waals surface area contributed by atoms with Crippen molar-refractivity contribution in [3.63, 3.8) is 0 Å². The van der Waals surface area contributed by atoms with Gasteiger partial charge in [0.1, 0.15) is 0 Å². The van der Waals surface area contributed by atoms with Gasteiger partial charge in [0.25, 0.3) is 5.91 Å². The Hall–Kier alpha value is -2.67. The lowest BCUT2D eigenvalue weighted by atomic mass is 9.85. The second-order valence-electron chi connectivity index (χ2n) is 7.27. The van der Waals surface area contributed by atoms with Gasteiger partial charge in [0.15, 0.2) is 6.10 Å². The van der Waals surface area contributed by atoms with Crippen LogP contribution in [0.15, 0.2) is 30.4 Å². The van der Waals surface area contributed by atoms with Crippen molar-refractivity contribution in [2.75, 3.05) is 11.9 Å². The van der Waals surface area contributed by atoms with Crippen LogP contribution in [0.4, 0.5) is 5.69 Å². The van der Waals surface area contributed by atoms with Gasteiger partial charge < -0.3 is 10.1 Å². The summed E-state index contributed by atoms with van der Waals surface area (Å²) in [6.07, 6.45) is 3.74. The van der Waals surface area contributed by atoms with E-state index in [4.69, 9.17) is 16.3 Å². The summed E-state index contributed by atoms with van der Waals surface area (Å²) in [4.78, 5) is 50.4. The Bertz CT molecular complexity index is 856. The van der Waals surface area contributed by atoms with Crippen LogP contribution in [0.25, 0.3) is 0 Å². The highest BCUT2D eigenvalue weighted by Gasteiger charge is 2.47. The third-order valence-corrected chi connectivity index (χ3v) is 5.75. The van der Waals surface area contributed by atoms with Gasteiger partial charge in [-0.25, -0.2) is 0 Å². The molecule has 0 aromatic heterocycles. The van der Waals surface area contributed by atoms with Crippen molar-refractivity contribution in [1.82, 2.24) is 4.90 Å². The summed E-state index contributed by atoms with van der Waals surface area (Å²) in [5.74, 6) is -2.26. The molecule has 1 saturated heterocycles. The molecule has 3 atom stereocenters. The Balaban J connectivity index is 1.50. The van der Waals surface area contributed by atoms with Crippen molar-refractivity contribution in [2.45, 2.75) is 39.2 Å². The standard InChI is InChI=1S/C21H23ClN2O5/c1-12-16(22)8-5-9-17(12)23-19(26)13(2)29-18(25)10-11-24-20(27)14-6-3-4-7-15(14)21(24)28/h3-5,8-9,13-15H,6-7,10-11H2,1-2H3,(H,23,26)/t13-,14-,15+/m0/s1. The van der Waals surface area contributed by atoms with Gasteiger partial charge in [0.2, 0.25) is 11.8 Å². The van der Waals surface area contributed by atoms with E-state index in [1.807, 2.05) is 12.2 Å². The van der Waals surface area contributed by atoms with Gasteiger partial charge in [0.05, 0.1) is 18.3 Å². The van der Waals surface area contributed by atoms with Crippen molar-refractivity contribution in [3.05, 3.63) is 40.9 Å². The van der Waals surface area contributed by atoms with E-state index >= 15 is 0 Å². The maximum atomic E-state index is 12.4. The van der Waals surface area contributed by atoms with E-state index in [0.29, 0.717) is 29.1 Å². The van der Waals surface area contributed by atoms with Gasteiger partial charge >= 0.3 is 5.97 Å². The summed E-state index contributed by atoms with van der Waals surface area (Å²) in [5, 5.41) is 3.19. The number of hydrogen-bond acceptors (Lipinski definition) is 5. The highest BCUT2D eigenvalue weighted by Crippen LogP contribution is 2.35. The van der Waals surface area contributed by atoms with Gasteiger partial charge in [-0.3, -0.25) is 24.1 Å². The summed E-state index contributed by atoms with van der Waals surface area (Å²) in [5.41, 5.74) is 1.25. The zero-order valence-electron chi connectivity index (χ0n) is 16.3. The molecular formula is C21H23ClN2O5. The molecule has 8 heteroatoms. The number of fused-ring (bicyclic) bond motifs is 1. The Kier molecular flexibility index (Phi) is 6.37. The number of allylic oxidation sites excluding steroid dienone is 2. The topological polar surface area (TPSA) is 92.8 Å². The zero-order chi connectivity index (χ0) is 21.1. The predicted molar refractivity (Wildman–Crippen MR) is 107 cm³/mol. The summed E-state index contributed by atoms with van der Waals surface area (Å²) in [6.45, 7) is 3.19. The van der Waals surface area contributed by atoms with E-state index in [0.717, 1.165) is 4.90 Å². The number of ether oxygens (including phenoxy) is 1. The minimum absolute atomic E-state index is 0.0365. The van der Waals surface area contributed by atoms with Gasteiger partial charge in [-0.05, 0) is 44.4 Å². The summed E-state index contributed by atoms with van der Waals surface area (Å²) in [6, 6.07) is 5.12. The van der Waals surface area contributed by atoms with Gasteiger partial charge in [-0.1, -0.05) is 29.8 Å². The fourth-order valence-corrected chi connectivity index (χ4v) is 3.75. The molecule has 0 bridgehead atoms. The number of benzene rings is 1. The molecule has 1 fully saturated rings. The van der Waals surface area contributed by atoms with Crippen LogP contribution in [-0.4, -0.2) is 41.2 Å². The van der Waals surface area contributed by atoms with Crippen LogP contribution >= 0.6 is 11.6 Å². The molecule has 1 aliphatic heterocycles. The van der Waals surface area contributed by atoms with Crippen LogP contribution in [0.1, 0.15) is 31.7 Å². The minimum atomic E-state index is -1.03. The molecule has 1 aromatic rings. The molecule has 0 saturated carbocycles. The van der Waals surface area contributed by atoms with Crippen molar-refractivity contribution in [2.24, 2.45) is 11.8 Å². The third kappa shape index (κ3) is 4.50. The molecule has 0 radical (unpaired) electrons. The molecule has 0 unspecified atom stereocenters. The van der Waals surface area contributed by atoms with E-state index < -0.39 is 18.0 Å². The molecular weight excluding hydrogens is 396 g/mol. The number of esters is 1. The number of rotatable bonds is 6. The number of amides is 3. The Morgan fingerprint density at radius 1 is 1.21 bits per heavy atom. The first-order chi connectivity index (χ1) is 13.8. The molecule has 7 nitrogen and oxygen atoms in total. The smallest absolute Gasteiger partial charge is 0.308 e. The second-order valence-corrected chi connectivity index (χ2v) is 7.67. The highest BCUT2D eigenvalue weighted by molar-refractivity contribution is 6.31. The van der Waals surface area contributed by atoms with Crippen LogP contribution < -0.4 is 5.32 Å². The molecule has 154 valence electrons. The van der Waals surface area contributed by atoms with Gasteiger partial charge in [-0.2, -0.15) is 0 Å². The van der Waals surface area contributed by atoms with Crippen LogP contribution in [0, 0.1) is 18.8 Å². The average Bonchev–Trinajstić information content (AvgIpc) is 2.94. The molecule has 1 aliphatic carbocycles. The average molecular weight is 419 g/mol. The fraction of sp³-hybridized carbons (Fsp3) is 0.429. The van der Waals surface area contributed by atoms with Crippen LogP contribution in [0.3, 0.4) is 0 Å². The predicted octanol–water partition coefficient (Wildman–Crippen LogP) is 2.86. The summed E-state index contributed by atoms with van der Waals surface area (Å²) in [7, 11) is 0. The molecule has 2 aliphatic rings. The normalized spacial score (nSPS) is 21.7. The van der Waals surface area contributed by atoms with Gasteiger partial charge in [0, 0.05) is 17.3 Å². The Morgan fingerprint density at radius 3 is 2.45 bits per heavy atom. The molecule has 0 spiro atoms. The quantitative estimate of drug-likeness (QED) is 0.435. The van der Waals surface area contributed by atoms with Crippen LogP contribution in [0.2, 0.25) is 5.02 Å². The summed E-state index contributed by atoms with van der Waals surface area (Å²) < 4.78 is 5.16.